The smallest absolute Gasteiger partial charge is 0.451 e. The van der Waals surface area contributed by atoms with Gasteiger partial charge >= 0.3 is 6.18 Å². The van der Waals surface area contributed by atoms with Gasteiger partial charge in [-0.25, -0.2) is 9.97 Å². The quantitative estimate of drug-likeness (QED) is 0.738. The second-order valence-corrected chi connectivity index (χ2v) is 5.78. The van der Waals surface area contributed by atoms with E-state index < -0.39 is 12.0 Å². The monoisotopic (exact) mass is 345 g/mol. The van der Waals surface area contributed by atoms with Gasteiger partial charge in [0.25, 0.3) is 0 Å². The van der Waals surface area contributed by atoms with Gasteiger partial charge < -0.3 is 10.1 Å². The van der Waals surface area contributed by atoms with Gasteiger partial charge in [0, 0.05) is 17.4 Å². The van der Waals surface area contributed by atoms with E-state index in [2.05, 4.69) is 15.3 Å². The van der Waals surface area contributed by atoms with Gasteiger partial charge in [-0.1, -0.05) is 30.3 Å². The molecular weight excluding hydrogens is 331 g/mol. The predicted molar refractivity (Wildman–Crippen MR) is 87.5 cm³/mol. The van der Waals surface area contributed by atoms with Crippen molar-refractivity contribution in [3.05, 3.63) is 59.9 Å². The number of benzene rings is 2. The van der Waals surface area contributed by atoms with Crippen molar-refractivity contribution in [1.82, 2.24) is 9.97 Å². The summed E-state index contributed by atoms with van der Waals surface area (Å²) in [5, 5.41) is 3.72. The van der Waals surface area contributed by atoms with Gasteiger partial charge in [-0.05, 0) is 18.2 Å². The van der Waals surface area contributed by atoms with Crippen molar-refractivity contribution in [2.75, 3.05) is 11.9 Å². The summed E-state index contributed by atoms with van der Waals surface area (Å²) in [5.41, 5.74) is 1.16. The predicted octanol–water partition coefficient (Wildman–Crippen LogP) is 4.58. The van der Waals surface area contributed by atoms with Gasteiger partial charge in [0.2, 0.25) is 5.82 Å². The second kappa shape index (κ2) is 5.91. The van der Waals surface area contributed by atoms with Gasteiger partial charge in [-0.3, -0.25) is 0 Å². The third-order valence-corrected chi connectivity index (χ3v) is 4.13. The Morgan fingerprint density at radius 3 is 2.60 bits per heavy atom. The number of ether oxygens (including phenoxy) is 1. The first kappa shape index (κ1) is 15.7. The number of anilines is 1. The van der Waals surface area contributed by atoms with Crippen LogP contribution in [0.25, 0.3) is 10.9 Å². The Morgan fingerprint density at radius 1 is 1.00 bits per heavy atom. The highest BCUT2D eigenvalue weighted by molar-refractivity contribution is 5.89. The van der Waals surface area contributed by atoms with Gasteiger partial charge in [-0.15, -0.1) is 0 Å². The SMILES string of the molecule is FC(F)(F)c1nc(N[C@H]2CCOc3ccccc32)c2ccccc2n1. The molecule has 25 heavy (non-hydrogen) atoms. The summed E-state index contributed by atoms with van der Waals surface area (Å²) in [6, 6.07) is 14.0. The zero-order valence-electron chi connectivity index (χ0n) is 13.0. The van der Waals surface area contributed by atoms with E-state index in [1.807, 2.05) is 24.3 Å². The minimum atomic E-state index is -4.60. The van der Waals surface area contributed by atoms with E-state index in [1.165, 1.54) is 0 Å². The fourth-order valence-electron chi connectivity index (χ4n) is 2.97. The van der Waals surface area contributed by atoms with Crippen LogP contribution in [-0.2, 0) is 6.18 Å². The Morgan fingerprint density at radius 2 is 1.76 bits per heavy atom. The van der Waals surface area contributed by atoms with Crippen LogP contribution in [0.3, 0.4) is 0 Å². The summed E-state index contributed by atoms with van der Waals surface area (Å²) < 4.78 is 45.0. The molecule has 0 unspecified atom stereocenters. The van der Waals surface area contributed by atoms with Crippen LogP contribution in [0.4, 0.5) is 19.0 Å². The Hall–Kier alpha value is -2.83. The largest absolute Gasteiger partial charge is 0.493 e. The van der Waals surface area contributed by atoms with Gasteiger partial charge in [0.05, 0.1) is 18.2 Å². The number of rotatable bonds is 2. The zero-order chi connectivity index (χ0) is 17.4. The lowest BCUT2D eigenvalue weighted by molar-refractivity contribution is -0.144. The molecule has 128 valence electrons. The Bertz CT molecular complexity index is 927. The van der Waals surface area contributed by atoms with E-state index in [-0.39, 0.29) is 17.4 Å². The number of fused-ring (bicyclic) bond motifs is 2. The topological polar surface area (TPSA) is 47.0 Å². The number of hydrogen-bond acceptors (Lipinski definition) is 4. The lowest BCUT2D eigenvalue weighted by atomic mass is 10.0. The standard InChI is InChI=1S/C18H14F3N3O/c19-18(20,21)17-23-13-7-3-1-6-12(13)16(24-17)22-14-9-10-25-15-8-4-2-5-11(14)15/h1-8,14H,9-10H2,(H,22,23,24)/t14-/m0/s1. The molecule has 0 radical (unpaired) electrons. The summed E-state index contributed by atoms with van der Waals surface area (Å²) in [5.74, 6) is -0.227. The molecule has 3 aromatic rings. The first-order valence-corrected chi connectivity index (χ1v) is 7.84. The normalized spacial score (nSPS) is 17.0. The molecule has 2 heterocycles. The highest BCUT2D eigenvalue weighted by Gasteiger charge is 2.36. The van der Waals surface area contributed by atoms with E-state index in [0.29, 0.717) is 18.4 Å². The molecule has 0 spiro atoms. The first-order valence-electron chi connectivity index (χ1n) is 7.84. The molecule has 4 nitrogen and oxygen atoms in total. The summed E-state index contributed by atoms with van der Waals surface area (Å²) in [6.45, 7) is 0.490. The van der Waals surface area contributed by atoms with Crippen LogP contribution in [-0.4, -0.2) is 16.6 Å². The first-order chi connectivity index (χ1) is 12.0. The molecule has 7 heteroatoms. The molecule has 1 aliphatic rings. The molecular formula is C18H14F3N3O. The third-order valence-electron chi connectivity index (χ3n) is 4.13. The molecule has 1 aliphatic heterocycles. The number of aromatic nitrogens is 2. The summed E-state index contributed by atoms with van der Waals surface area (Å²) in [7, 11) is 0. The third kappa shape index (κ3) is 2.97. The van der Waals surface area contributed by atoms with Crippen molar-refractivity contribution in [3.63, 3.8) is 0 Å². The average molecular weight is 345 g/mol. The number of halogens is 3. The lowest BCUT2D eigenvalue weighted by Crippen LogP contribution is -2.22. The fourth-order valence-corrected chi connectivity index (χ4v) is 2.97. The minimum Gasteiger partial charge on any atom is -0.493 e. The number of nitrogens with one attached hydrogen (secondary N) is 1. The number of alkyl halides is 3. The van der Waals surface area contributed by atoms with Crippen molar-refractivity contribution < 1.29 is 17.9 Å². The summed E-state index contributed by atoms with van der Waals surface area (Å²) in [6.07, 6.45) is -3.97. The van der Waals surface area contributed by atoms with Crippen molar-refractivity contribution in [1.29, 1.82) is 0 Å². The van der Waals surface area contributed by atoms with E-state index in [9.17, 15) is 13.2 Å². The fraction of sp³-hybridized carbons (Fsp3) is 0.222. The molecule has 0 aliphatic carbocycles. The molecule has 0 saturated heterocycles. The van der Waals surface area contributed by atoms with Crippen molar-refractivity contribution in [3.8, 4) is 5.75 Å². The average Bonchev–Trinajstić information content (AvgIpc) is 2.61. The minimum absolute atomic E-state index is 0.177. The summed E-state index contributed by atoms with van der Waals surface area (Å²) >= 11 is 0. The molecule has 1 atom stereocenters. The van der Waals surface area contributed by atoms with Crippen LogP contribution >= 0.6 is 0 Å². The van der Waals surface area contributed by atoms with Gasteiger partial charge in [0.1, 0.15) is 11.6 Å². The van der Waals surface area contributed by atoms with Crippen LogP contribution in [0.5, 0.6) is 5.75 Å². The van der Waals surface area contributed by atoms with Crippen LogP contribution in [0, 0.1) is 0 Å². The van der Waals surface area contributed by atoms with Gasteiger partial charge in [0.15, 0.2) is 0 Å². The Labute approximate surface area is 141 Å². The van der Waals surface area contributed by atoms with E-state index >= 15 is 0 Å². The molecule has 2 aromatic carbocycles. The van der Waals surface area contributed by atoms with Crippen molar-refractivity contribution >= 4 is 16.7 Å². The molecule has 1 aromatic heterocycles. The van der Waals surface area contributed by atoms with E-state index in [1.54, 1.807) is 24.3 Å². The highest BCUT2D eigenvalue weighted by atomic mass is 19.4. The number of hydrogen-bond donors (Lipinski definition) is 1. The van der Waals surface area contributed by atoms with Crippen molar-refractivity contribution in [2.24, 2.45) is 0 Å². The van der Waals surface area contributed by atoms with Crippen LogP contribution in [0.1, 0.15) is 23.9 Å². The zero-order valence-corrected chi connectivity index (χ0v) is 13.0. The lowest BCUT2D eigenvalue weighted by Gasteiger charge is -2.27. The molecule has 0 saturated carbocycles. The maximum atomic E-state index is 13.1. The molecule has 0 fully saturated rings. The highest BCUT2D eigenvalue weighted by Crippen LogP contribution is 2.36. The Balaban J connectivity index is 1.79. The maximum Gasteiger partial charge on any atom is 0.451 e. The summed E-state index contributed by atoms with van der Waals surface area (Å²) in [4.78, 5) is 7.39. The molecule has 4 rings (SSSR count). The molecule has 1 N–H and O–H groups in total. The van der Waals surface area contributed by atoms with Crippen LogP contribution in [0.15, 0.2) is 48.5 Å². The molecule has 0 amide bonds. The second-order valence-electron chi connectivity index (χ2n) is 5.78. The van der Waals surface area contributed by atoms with E-state index in [4.69, 9.17) is 4.74 Å². The maximum absolute atomic E-state index is 13.1. The van der Waals surface area contributed by atoms with Crippen LogP contribution < -0.4 is 10.1 Å². The van der Waals surface area contributed by atoms with Gasteiger partial charge in [-0.2, -0.15) is 13.2 Å². The van der Waals surface area contributed by atoms with Crippen molar-refractivity contribution in [2.45, 2.75) is 18.6 Å². The number of para-hydroxylation sites is 2. The number of nitrogens with zero attached hydrogens (tertiary/aromatic N) is 2. The molecule has 0 bridgehead atoms. The van der Waals surface area contributed by atoms with E-state index in [0.717, 1.165) is 11.3 Å². The Kier molecular flexibility index (Phi) is 3.71. The van der Waals surface area contributed by atoms with Crippen LogP contribution in [0.2, 0.25) is 0 Å².